The summed E-state index contributed by atoms with van der Waals surface area (Å²) in [5.41, 5.74) is 1.13. The largest absolute Gasteiger partial charge is 0.493 e. The van der Waals surface area contributed by atoms with Gasteiger partial charge in [0.1, 0.15) is 11.6 Å². The van der Waals surface area contributed by atoms with Gasteiger partial charge in [-0.2, -0.15) is 0 Å². The fraction of sp³-hybridized carbons (Fsp3) is 0.423. The van der Waals surface area contributed by atoms with Gasteiger partial charge < -0.3 is 20.1 Å². The lowest BCUT2D eigenvalue weighted by molar-refractivity contribution is -0.674. The number of benzene rings is 2. The number of fused-ring (bicyclic) bond motifs is 1. The van der Waals surface area contributed by atoms with Crippen LogP contribution in [0.15, 0.2) is 36.7 Å². The zero-order chi connectivity index (χ0) is 25.7. The molecule has 8 nitrogen and oxygen atoms in total. The molecule has 1 aromatic heterocycles. The first kappa shape index (κ1) is 25.9. The Labute approximate surface area is 215 Å². The molecule has 1 fully saturated rings. The van der Waals surface area contributed by atoms with Crippen LogP contribution in [0.4, 0.5) is 15.9 Å². The van der Waals surface area contributed by atoms with Crippen molar-refractivity contribution in [3.63, 3.8) is 0 Å². The normalized spacial score (nSPS) is 14.6. The van der Waals surface area contributed by atoms with E-state index in [2.05, 4.69) is 27.4 Å². The van der Waals surface area contributed by atoms with Crippen LogP contribution in [0.5, 0.6) is 11.5 Å². The van der Waals surface area contributed by atoms with Crippen LogP contribution in [0.25, 0.3) is 10.9 Å². The average molecular weight is 517 g/mol. The predicted octanol–water partition coefficient (Wildman–Crippen LogP) is 4.07. The van der Waals surface area contributed by atoms with E-state index in [-0.39, 0.29) is 22.7 Å². The second-order valence-electron chi connectivity index (χ2n) is 8.80. The minimum Gasteiger partial charge on any atom is -0.493 e. The van der Waals surface area contributed by atoms with Crippen LogP contribution < -0.4 is 24.7 Å². The molecular formula is C26H32ClFN5O3+. The van der Waals surface area contributed by atoms with E-state index < -0.39 is 5.82 Å². The number of aromatic nitrogens is 2. The Balaban J connectivity index is 1.65. The van der Waals surface area contributed by atoms with Gasteiger partial charge in [-0.15, -0.1) is 0 Å². The van der Waals surface area contributed by atoms with Gasteiger partial charge in [0.15, 0.2) is 17.3 Å². The lowest BCUT2D eigenvalue weighted by atomic mass is 10.1. The Morgan fingerprint density at radius 2 is 2.06 bits per heavy atom. The maximum Gasteiger partial charge on any atom is 0.289 e. The molecule has 0 unspecified atom stereocenters. The zero-order valence-electron chi connectivity index (χ0n) is 20.8. The number of nitrogens with one attached hydrogen (secondary N) is 2. The Morgan fingerprint density at radius 3 is 2.75 bits per heavy atom. The van der Waals surface area contributed by atoms with Gasteiger partial charge in [0.05, 0.1) is 36.3 Å². The summed E-state index contributed by atoms with van der Waals surface area (Å²) in [5, 5.41) is 6.58. The highest BCUT2D eigenvalue weighted by atomic mass is 35.5. The molecule has 3 aromatic rings. The fourth-order valence-corrected chi connectivity index (χ4v) is 4.56. The third-order valence-electron chi connectivity index (χ3n) is 6.32. The fourth-order valence-electron chi connectivity index (χ4n) is 4.38. The van der Waals surface area contributed by atoms with Crippen LogP contribution >= 0.6 is 11.6 Å². The van der Waals surface area contributed by atoms with Crippen LogP contribution in [0.3, 0.4) is 0 Å². The van der Waals surface area contributed by atoms with Gasteiger partial charge in [0.2, 0.25) is 5.91 Å². The summed E-state index contributed by atoms with van der Waals surface area (Å²) in [7, 11) is 3.26. The standard InChI is InChI=1S/C26H31ClFN5O3/c1-4-10-33-16-30-26(31-20-7-5-6-19(27)25(20)28)18-13-23(22(35-3)14-21(18)33)36-17-8-11-32(12-9-17)15-24(34)29-2/h5-7,13-14,16-17H,4,8-12,15H2,1-3H3,(H,29,34)/p+1. The summed E-state index contributed by atoms with van der Waals surface area (Å²) in [6.45, 7) is 4.79. The number of halogens is 2. The number of piperidine rings is 1. The molecule has 1 amide bonds. The van der Waals surface area contributed by atoms with Crippen molar-refractivity contribution < 1.29 is 23.2 Å². The molecule has 0 spiro atoms. The molecule has 0 atom stereocenters. The number of amides is 1. The number of nitrogens with zero attached hydrogens (tertiary/aromatic N) is 3. The lowest BCUT2D eigenvalue weighted by Crippen LogP contribution is -2.43. The van der Waals surface area contributed by atoms with E-state index in [1.54, 1.807) is 32.6 Å². The van der Waals surface area contributed by atoms with Gasteiger partial charge in [-0.05, 0) is 36.4 Å². The first-order valence-electron chi connectivity index (χ1n) is 12.1. The lowest BCUT2D eigenvalue weighted by Gasteiger charge is -2.31. The number of aryl methyl sites for hydroxylation is 1. The molecular weight excluding hydrogens is 485 g/mol. The maximum absolute atomic E-state index is 14.6. The van der Waals surface area contributed by atoms with Gasteiger partial charge in [-0.3, -0.25) is 9.69 Å². The first-order valence-corrected chi connectivity index (χ1v) is 12.5. The van der Waals surface area contributed by atoms with Crippen LogP contribution in [-0.2, 0) is 11.3 Å². The van der Waals surface area contributed by atoms with Crippen molar-refractivity contribution in [3.8, 4) is 11.5 Å². The van der Waals surface area contributed by atoms with Crippen molar-refractivity contribution in [1.82, 2.24) is 15.2 Å². The highest BCUT2D eigenvalue weighted by Crippen LogP contribution is 2.36. The molecule has 2 N–H and O–H groups in total. The molecule has 2 aromatic carbocycles. The first-order chi connectivity index (χ1) is 17.4. The minimum absolute atomic E-state index is 0.00891. The number of carbonyl (C=O) groups is 1. The van der Waals surface area contributed by atoms with Crippen LogP contribution in [0, 0.1) is 5.82 Å². The summed E-state index contributed by atoms with van der Waals surface area (Å²) in [6.07, 6.45) is 4.23. The third kappa shape index (κ3) is 5.79. The van der Waals surface area contributed by atoms with Crippen molar-refractivity contribution in [2.24, 2.45) is 0 Å². The van der Waals surface area contributed by atoms with Crippen LogP contribution in [-0.4, -0.2) is 55.7 Å². The van der Waals surface area contributed by atoms with E-state index in [4.69, 9.17) is 21.1 Å². The molecule has 0 aliphatic carbocycles. The molecule has 0 radical (unpaired) electrons. The zero-order valence-corrected chi connectivity index (χ0v) is 21.6. The van der Waals surface area contributed by atoms with Crippen molar-refractivity contribution in [2.75, 3.05) is 39.1 Å². The highest BCUT2D eigenvalue weighted by molar-refractivity contribution is 6.31. The highest BCUT2D eigenvalue weighted by Gasteiger charge is 2.25. The van der Waals surface area contributed by atoms with E-state index >= 15 is 0 Å². The second-order valence-corrected chi connectivity index (χ2v) is 9.21. The van der Waals surface area contributed by atoms with Gasteiger partial charge in [0, 0.05) is 32.3 Å². The smallest absolute Gasteiger partial charge is 0.289 e. The summed E-state index contributed by atoms with van der Waals surface area (Å²) >= 11 is 5.98. The minimum atomic E-state index is -0.534. The topological polar surface area (TPSA) is 79.6 Å². The number of methoxy groups -OCH3 is 1. The molecule has 1 aliphatic heterocycles. The molecule has 0 saturated carbocycles. The average Bonchev–Trinajstić information content (AvgIpc) is 2.89. The number of ether oxygens (including phenoxy) is 2. The van der Waals surface area contributed by atoms with Crippen LogP contribution in [0.1, 0.15) is 26.2 Å². The summed E-state index contributed by atoms with van der Waals surface area (Å²) < 4.78 is 28.8. The van der Waals surface area contributed by atoms with Gasteiger partial charge >= 0.3 is 0 Å². The number of likely N-dealkylation sites (N-methyl/N-ethyl adjacent to an activating group) is 1. The number of carbonyl (C=O) groups excluding carboxylic acids is 1. The Bertz CT molecular complexity index is 1230. The van der Waals surface area contributed by atoms with Crippen molar-refractivity contribution in [3.05, 3.63) is 47.5 Å². The maximum atomic E-state index is 14.6. The van der Waals surface area contributed by atoms with Gasteiger partial charge in [-0.1, -0.05) is 24.6 Å². The molecule has 2 heterocycles. The summed E-state index contributed by atoms with van der Waals surface area (Å²) in [5.74, 6) is 1.18. The van der Waals surface area contributed by atoms with Crippen molar-refractivity contribution in [2.45, 2.75) is 38.8 Å². The van der Waals surface area contributed by atoms with Crippen molar-refractivity contribution >= 4 is 39.9 Å². The number of anilines is 2. The molecule has 1 aliphatic rings. The molecule has 36 heavy (non-hydrogen) atoms. The quantitative estimate of drug-likeness (QED) is 0.417. The second kappa shape index (κ2) is 11.7. The Hall–Kier alpha value is -3.17. The molecule has 10 heteroatoms. The predicted molar refractivity (Wildman–Crippen MR) is 138 cm³/mol. The molecule has 4 rings (SSSR count). The Morgan fingerprint density at radius 1 is 1.28 bits per heavy atom. The van der Waals surface area contributed by atoms with E-state index in [9.17, 15) is 9.18 Å². The number of hydrogen-bond acceptors (Lipinski definition) is 6. The summed E-state index contributed by atoms with van der Waals surface area (Å²) in [4.78, 5) is 18.4. The Kier molecular flexibility index (Phi) is 8.43. The SMILES string of the molecule is CCC[n+]1cnc(Nc2cccc(Cl)c2F)c2cc(OC3CCN(CC(=O)NC)CC3)c(OC)cc21. The monoisotopic (exact) mass is 516 g/mol. The number of rotatable bonds is 9. The van der Waals surface area contributed by atoms with E-state index in [1.165, 1.54) is 6.07 Å². The van der Waals surface area contributed by atoms with Gasteiger partial charge in [0.25, 0.3) is 12.1 Å². The van der Waals surface area contributed by atoms with Crippen molar-refractivity contribution in [1.29, 1.82) is 0 Å². The van der Waals surface area contributed by atoms with Gasteiger partial charge in [-0.25, -0.2) is 8.96 Å². The molecule has 1 saturated heterocycles. The van der Waals surface area contributed by atoms with E-state index in [0.717, 1.165) is 49.8 Å². The summed E-state index contributed by atoms with van der Waals surface area (Å²) in [6, 6.07) is 8.64. The van der Waals surface area contributed by atoms with E-state index in [1.807, 2.05) is 16.7 Å². The number of likely N-dealkylation sites (tertiary alicyclic amines) is 1. The third-order valence-corrected chi connectivity index (χ3v) is 6.61. The number of hydrogen-bond donors (Lipinski definition) is 2. The molecule has 192 valence electrons. The molecule has 0 bridgehead atoms. The van der Waals surface area contributed by atoms with E-state index in [0.29, 0.717) is 23.9 Å². The van der Waals surface area contributed by atoms with Crippen LogP contribution in [0.2, 0.25) is 5.02 Å².